The number of amides is 3. The van der Waals surface area contributed by atoms with Gasteiger partial charge in [-0.25, -0.2) is 4.79 Å². The summed E-state index contributed by atoms with van der Waals surface area (Å²) in [6, 6.07) is 6.46. The Bertz CT molecular complexity index is 439. The molecule has 1 aliphatic rings. The monoisotopic (exact) mass is 263 g/mol. The van der Waals surface area contributed by atoms with Crippen LogP contribution in [0.1, 0.15) is 12.8 Å². The molecular formula is C13H17N3O3. The normalized spacial score (nSPS) is 15.9. The lowest BCUT2D eigenvalue weighted by atomic mass is 10.1. The number of carbonyl (C=O) groups is 2. The molecule has 19 heavy (non-hydrogen) atoms. The van der Waals surface area contributed by atoms with Crippen molar-refractivity contribution < 1.29 is 14.3 Å². The lowest BCUT2D eigenvalue weighted by Gasteiger charge is -2.29. The summed E-state index contributed by atoms with van der Waals surface area (Å²) in [4.78, 5) is 23.0. The van der Waals surface area contributed by atoms with Gasteiger partial charge in [0, 0.05) is 31.6 Å². The van der Waals surface area contributed by atoms with Crippen LogP contribution in [0.15, 0.2) is 24.3 Å². The molecule has 1 aromatic carbocycles. The number of urea groups is 1. The first kappa shape index (κ1) is 13.2. The molecule has 1 aromatic rings. The summed E-state index contributed by atoms with van der Waals surface area (Å²) in [7, 11) is 0. The van der Waals surface area contributed by atoms with Crippen molar-refractivity contribution in [1.29, 1.82) is 0 Å². The van der Waals surface area contributed by atoms with Crippen LogP contribution in [0.3, 0.4) is 0 Å². The van der Waals surface area contributed by atoms with Gasteiger partial charge in [-0.2, -0.15) is 0 Å². The third kappa shape index (κ3) is 3.87. The third-order valence-electron chi connectivity index (χ3n) is 3.05. The van der Waals surface area contributed by atoms with E-state index in [0.29, 0.717) is 5.69 Å². The van der Waals surface area contributed by atoms with Gasteiger partial charge >= 0.3 is 6.03 Å². The minimum absolute atomic E-state index is 0.131. The molecule has 1 fully saturated rings. The number of nitrogens with two attached hydrogens (primary N) is 1. The number of ether oxygens (including phenoxy) is 1. The average molecular weight is 263 g/mol. The molecule has 3 N–H and O–H groups in total. The zero-order valence-corrected chi connectivity index (χ0v) is 10.5. The molecule has 102 valence electrons. The largest absolute Gasteiger partial charge is 0.490 e. The fraction of sp³-hybridized carbons (Fsp3) is 0.385. The highest BCUT2D eigenvalue weighted by Crippen LogP contribution is 2.20. The van der Waals surface area contributed by atoms with Gasteiger partial charge in [0.05, 0.1) is 0 Å². The van der Waals surface area contributed by atoms with Crippen molar-refractivity contribution in [1.82, 2.24) is 4.90 Å². The molecule has 0 aromatic heterocycles. The fourth-order valence-corrected chi connectivity index (χ4v) is 2.05. The highest BCUT2D eigenvalue weighted by atomic mass is 16.5. The summed E-state index contributed by atoms with van der Waals surface area (Å²) in [5.41, 5.74) is 5.66. The molecule has 6 nitrogen and oxygen atoms in total. The van der Waals surface area contributed by atoms with Crippen molar-refractivity contribution in [2.45, 2.75) is 18.9 Å². The first-order valence-electron chi connectivity index (χ1n) is 6.20. The van der Waals surface area contributed by atoms with Gasteiger partial charge in [0.2, 0.25) is 6.41 Å². The summed E-state index contributed by atoms with van der Waals surface area (Å²) in [6.07, 6.45) is 2.67. The lowest BCUT2D eigenvalue weighted by molar-refractivity contribution is -0.119. The second kappa shape index (κ2) is 6.08. The Labute approximate surface area is 111 Å². The summed E-state index contributed by atoms with van der Waals surface area (Å²) >= 11 is 0. The molecule has 0 radical (unpaired) electrons. The second-order valence-electron chi connectivity index (χ2n) is 4.47. The van der Waals surface area contributed by atoms with Crippen molar-refractivity contribution in [3.8, 4) is 5.75 Å². The standard InChI is InChI=1S/C13H17N3O3/c14-13(18)15-10-1-3-11(4-2-10)19-12-5-7-16(9-17)8-6-12/h1-4,9,12H,5-8H2,(H3,14,15,18). The van der Waals surface area contributed by atoms with Crippen LogP contribution in [0.4, 0.5) is 10.5 Å². The van der Waals surface area contributed by atoms with Crippen LogP contribution in [0, 0.1) is 0 Å². The van der Waals surface area contributed by atoms with Gasteiger partial charge in [0.25, 0.3) is 0 Å². The molecule has 0 saturated carbocycles. The predicted octanol–water partition coefficient (Wildman–Crippen LogP) is 1.18. The maximum Gasteiger partial charge on any atom is 0.316 e. The van der Waals surface area contributed by atoms with E-state index >= 15 is 0 Å². The summed E-state index contributed by atoms with van der Waals surface area (Å²) in [6.45, 7) is 1.46. The molecule has 1 heterocycles. The number of benzene rings is 1. The van der Waals surface area contributed by atoms with Crippen LogP contribution >= 0.6 is 0 Å². The van der Waals surface area contributed by atoms with Crippen molar-refractivity contribution in [2.24, 2.45) is 5.73 Å². The van der Waals surface area contributed by atoms with Gasteiger partial charge < -0.3 is 20.7 Å². The van der Waals surface area contributed by atoms with Crippen molar-refractivity contribution >= 4 is 18.1 Å². The topological polar surface area (TPSA) is 84.7 Å². The average Bonchev–Trinajstić information content (AvgIpc) is 2.41. The van der Waals surface area contributed by atoms with E-state index in [1.54, 1.807) is 29.2 Å². The molecule has 0 aliphatic carbocycles. The van der Waals surface area contributed by atoms with Gasteiger partial charge in [0.15, 0.2) is 0 Å². The highest BCUT2D eigenvalue weighted by Gasteiger charge is 2.19. The molecule has 1 aliphatic heterocycles. The SMILES string of the molecule is NC(=O)Nc1ccc(OC2CCN(C=O)CC2)cc1. The fourth-order valence-electron chi connectivity index (χ4n) is 2.05. The molecule has 0 spiro atoms. The molecule has 1 saturated heterocycles. The third-order valence-corrected chi connectivity index (χ3v) is 3.05. The van der Waals surface area contributed by atoms with E-state index in [4.69, 9.17) is 10.5 Å². The molecule has 3 amide bonds. The Balaban J connectivity index is 1.86. The van der Waals surface area contributed by atoms with E-state index in [9.17, 15) is 9.59 Å². The van der Waals surface area contributed by atoms with Gasteiger partial charge in [-0.15, -0.1) is 0 Å². The number of nitrogens with one attached hydrogen (secondary N) is 1. The van der Waals surface area contributed by atoms with E-state index in [-0.39, 0.29) is 6.10 Å². The Kier molecular flexibility index (Phi) is 4.22. The summed E-state index contributed by atoms with van der Waals surface area (Å²) in [5, 5.41) is 2.49. The zero-order valence-electron chi connectivity index (χ0n) is 10.5. The number of nitrogens with zero attached hydrogens (tertiary/aromatic N) is 1. The smallest absolute Gasteiger partial charge is 0.316 e. The van der Waals surface area contributed by atoms with Crippen molar-refractivity contribution in [3.63, 3.8) is 0 Å². The lowest BCUT2D eigenvalue weighted by Crippen LogP contribution is -2.37. The number of likely N-dealkylation sites (tertiary alicyclic amines) is 1. The number of hydrogen-bond donors (Lipinski definition) is 2. The second-order valence-corrected chi connectivity index (χ2v) is 4.47. The van der Waals surface area contributed by atoms with E-state index in [2.05, 4.69) is 5.32 Å². The number of primary amides is 1. The van der Waals surface area contributed by atoms with Crippen LogP contribution in [0.5, 0.6) is 5.75 Å². The molecule has 2 rings (SSSR count). The van der Waals surface area contributed by atoms with Gasteiger partial charge in [0.1, 0.15) is 11.9 Å². The molecule has 0 unspecified atom stereocenters. The number of hydrogen-bond acceptors (Lipinski definition) is 3. The van der Waals surface area contributed by atoms with Crippen LogP contribution < -0.4 is 15.8 Å². The van der Waals surface area contributed by atoms with Crippen LogP contribution in [0.25, 0.3) is 0 Å². The number of anilines is 1. The predicted molar refractivity (Wildman–Crippen MR) is 70.9 cm³/mol. The van der Waals surface area contributed by atoms with E-state index in [0.717, 1.165) is 38.1 Å². The van der Waals surface area contributed by atoms with E-state index < -0.39 is 6.03 Å². The Hall–Kier alpha value is -2.24. The van der Waals surface area contributed by atoms with Crippen molar-refractivity contribution in [2.75, 3.05) is 18.4 Å². The minimum atomic E-state index is -0.588. The maximum absolute atomic E-state index is 10.7. The first-order valence-corrected chi connectivity index (χ1v) is 6.20. The maximum atomic E-state index is 10.7. The minimum Gasteiger partial charge on any atom is -0.490 e. The zero-order chi connectivity index (χ0) is 13.7. The van der Waals surface area contributed by atoms with Gasteiger partial charge in [-0.1, -0.05) is 0 Å². The molecular weight excluding hydrogens is 246 g/mol. The quantitative estimate of drug-likeness (QED) is 0.800. The van der Waals surface area contributed by atoms with Crippen molar-refractivity contribution in [3.05, 3.63) is 24.3 Å². The Morgan fingerprint density at radius 1 is 1.32 bits per heavy atom. The van der Waals surface area contributed by atoms with Gasteiger partial charge in [-0.3, -0.25) is 4.79 Å². The van der Waals surface area contributed by atoms with Crippen LogP contribution in [-0.2, 0) is 4.79 Å². The summed E-state index contributed by atoms with van der Waals surface area (Å²) < 4.78 is 5.82. The van der Waals surface area contributed by atoms with Crippen LogP contribution in [0.2, 0.25) is 0 Å². The first-order chi connectivity index (χ1) is 9.17. The molecule has 0 atom stereocenters. The Morgan fingerprint density at radius 2 is 1.95 bits per heavy atom. The van der Waals surface area contributed by atoms with Gasteiger partial charge in [-0.05, 0) is 24.3 Å². The van der Waals surface area contributed by atoms with E-state index in [1.165, 1.54) is 0 Å². The highest BCUT2D eigenvalue weighted by molar-refractivity contribution is 5.87. The Morgan fingerprint density at radius 3 is 2.47 bits per heavy atom. The molecule has 6 heteroatoms. The number of carbonyl (C=O) groups excluding carboxylic acids is 2. The van der Waals surface area contributed by atoms with E-state index in [1.807, 2.05) is 0 Å². The number of rotatable bonds is 4. The summed E-state index contributed by atoms with van der Waals surface area (Å²) in [5.74, 6) is 0.750. The molecule has 0 bridgehead atoms. The van der Waals surface area contributed by atoms with Crippen LogP contribution in [-0.4, -0.2) is 36.5 Å². The number of piperidine rings is 1.